The van der Waals surface area contributed by atoms with Crippen LogP contribution in [0.3, 0.4) is 0 Å². The Balaban J connectivity index is 0.000000810. The van der Waals surface area contributed by atoms with Crippen molar-refractivity contribution < 1.29 is 9.90 Å². The summed E-state index contributed by atoms with van der Waals surface area (Å²) >= 11 is 0. The molecule has 0 bridgehead atoms. The van der Waals surface area contributed by atoms with Crippen molar-refractivity contribution in [1.29, 1.82) is 0 Å². The monoisotopic (exact) mass is 160 g/mol. The van der Waals surface area contributed by atoms with Crippen molar-refractivity contribution in [2.45, 2.75) is 12.8 Å². The third kappa shape index (κ3) is 2.23. The minimum Gasteiger partial charge on any atom is -0.478 e. The summed E-state index contributed by atoms with van der Waals surface area (Å²) in [5.74, 6) is -0.792. The summed E-state index contributed by atoms with van der Waals surface area (Å²) in [5.41, 5.74) is 0.512. The normalized spacial score (nSPS) is 15.4. The molecule has 0 fully saturated rings. The summed E-state index contributed by atoms with van der Waals surface area (Å²) < 4.78 is 0. The van der Waals surface area contributed by atoms with Crippen LogP contribution in [0.2, 0.25) is 0 Å². The minimum atomic E-state index is -0.792. The highest BCUT2D eigenvalue weighted by molar-refractivity contribution is 5.87. The van der Waals surface area contributed by atoms with E-state index in [4.69, 9.17) is 5.11 Å². The lowest BCUT2D eigenvalue weighted by atomic mass is 10.1. The van der Waals surface area contributed by atoms with Gasteiger partial charge < -0.3 is 5.11 Å². The van der Waals surface area contributed by atoms with Gasteiger partial charge in [-0.2, -0.15) is 0 Å². The van der Waals surface area contributed by atoms with Crippen molar-refractivity contribution >= 4 is 18.4 Å². The molecule has 1 aliphatic rings. The summed E-state index contributed by atoms with van der Waals surface area (Å²) in [6.07, 6.45) is 6.93. The Bertz CT molecular complexity index is 182. The van der Waals surface area contributed by atoms with Crippen LogP contribution in [-0.4, -0.2) is 11.1 Å². The Labute approximate surface area is 65.7 Å². The van der Waals surface area contributed by atoms with Gasteiger partial charge in [0.2, 0.25) is 0 Å². The zero-order chi connectivity index (χ0) is 6.69. The highest BCUT2D eigenvalue weighted by Gasteiger charge is 2.05. The van der Waals surface area contributed by atoms with E-state index in [0.29, 0.717) is 12.0 Å². The molecule has 0 saturated carbocycles. The lowest BCUT2D eigenvalue weighted by Crippen LogP contribution is -2.01. The predicted molar refractivity (Wildman–Crippen MR) is 41.3 cm³/mol. The minimum absolute atomic E-state index is 0. The molecule has 0 aliphatic heterocycles. The number of carboxylic acid groups (broad SMARTS) is 1. The summed E-state index contributed by atoms with van der Waals surface area (Å²) in [4.78, 5) is 10.3. The number of rotatable bonds is 1. The van der Waals surface area contributed by atoms with Crippen molar-refractivity contribution in [3.05, 3.63) is 23.8 Å². The number of allylic oxidation sites excluding steroid dienone is 3. The molecule has 0 amide bonds. The van der Waals surface area contributed by atoms with Gasteiger partial charge in [-0.15, -0.1) is 12.4 Å². The molecule has 0 spiro atoms. The van der Waals surface area contributed by atoms with Crippen LogP contribution in [-0.2, 0) is 4.79 Å². The van der Waals surface area contributed by atoms with Crippen LogP contribution in [0, 0.1) is 0 Å². The lowest BCUT2D eigenvalue weighted by Gasteiger charge is -2.00. The second-order valence-corrected chi connectivity index (χ2v) is 1.96. The fourth-order valence-corrected chi connectivity index (χ4v) is 0.781. The van der Waals surface area contributed by atoms with Crippen molar-refractivity contribution in [3.63, 3.8) is 0 Å². The summed E-state index contributed by atoms with van der Waals surface area (Å²) in [6.45, 7) is 0. The van der Waals surface area contributed by atoms with Gasteiger partial charge in [-0.3, -0.25) is 0 Å². The van der Waals surface area contributed by atoms with E-state index in [-0.39, 0.29) is 12.4 Å². The highest BCUT2D eigenvalue weighted by Crippen LogP contribution is 2.10. The molecule has 0 unspecified atom stereocenters. The Morgan fingerprint density at radius 3 is 2.60 bits per heavy atom. The van der Waals surface area contributed by atoms with Gasteiger partial charge >= 0.3 is 5.97 Å². The fourth-order valence-electron chi connectivity index (χ4n) is 0.781. The van der Waals surface area contributed by atoms with Gasteiger partial charge in [0.05, 0.1) is 0 Å². The molecule has 2 nitrogen and oxygen atoms in total. The van der Waals surface area contributed by atoms with Gasteiger partial charge in [0.1, 0.15) is 0 Å². The molecule has 0 aromatic carbocycles. The maximum atomic E-state index is 10.3. The van der Waals surface area contributed by atoms with Gasteiger partial charge in [-0.05, 0) is 12.8 Å². The summed E-state index contributed by atoms with van der Waals surface area (Å²) in [6, 6.07) is 0. The van der Waals surface area contributed by atoms with Crippen LogP contribution in [0.5, 0.6) is 0 Å². The Hall–Kier alpha value is -0.760. The summed E-state index contributed by atoms with van der Waals surface area (Å²) in [7, 11) is 0. The maximum Gasteiger partial charge on any atom is 0.331 e. The molecule has 1 aliphatic carbocycles. The SMILES string of the molecule is Cl.O=C(O)C1=CC=CCC1. The molecule has 0 radical (unpaired) electrons. The number of aliphatic carboxylic acids is 1. The van der Waals surface area contributed by atoms with Gasteiger partial charge in [0.15, 0.2) is 0 Å². The van der Waals surface area contributed by atoms with Crippen molar-refractivity contribution in [1.82, 2.24) is 0 Å². The van der Waals surface area contributed by atoms with Crippen LogP contribution in [0.25, 0.3) is 0 Å². The second kappa shape index (κ2) is 4.12. The van der Waals surface area contributed by atoms with Crippen LogP contribution >= 0.6 is 12.4 Å². The largest absolute Gasteiger partial charge is 0.478 e. The van der Waals surface area contributed by atoms with E-state index in [1.807, 2.05) is 6.08 Å². The van der Waals surface area contributed by atoms with Crippen molar-refractivity contribution in [2.24, 2.45) is 0 Å². The molecular weight excluding hydrogens is 152 g/mol. The standard InChI is InChI=1S/C7H8O2.ClH/c8-7(9)6-4-2-1-3-5-6;/h1-2,4H,3,5H2,(H,8,9);1H. The zero-order valence-electron chi connectivity index (χ0n) is 5.41. The van der Waals surface area contributed by atoms with Crippen LogP contribution < -0.4 is 0 Å². The molecule has 56 valence electrons. The van der Waals surface area contributed by atoms with E-state index in [1.165, 1.54) is 0 Å². The van der Waals surface area contributed by atoms with E-state index in [0.717, 1.165) is 6.42 Å². The molecule has 0 aromatic rings. The van der Waals surface area contributed by atoms with Crippen molar-refractivity contribution in [3.8, 4) is 0 Å². The second-order valence-electron chi connectivity index (χ2n) is 1.96. The molecule has 1 N–H and O–H groups in total. The molecule has 0 atom stereocenters. The van der Waals surface area contributed by atoms with Gasteiger partial charge in [-0.1, -0.05) is 18.2 Å². The van der Waals surface area contributed by atoms with E-state index < -0.39 is 5.97 Å². The maximum absolute atomic E-state index is 10.3. The topological polar surface area (TPSA) is 37.3 Å². The van der Waals surface area contributed by atoms with E-state index in [2.05, 4.69) is 0 Å². The van der Waals surface area contributed by atoms with Crippen LogP contribution in [0.15, 0.2) is 23.8 Å². The molecule has 0 aromatic heterocycles. The van der Waals surface area contributed by atoms with Crippen molar-refractivity contribution in [2.75, 3.05) is 0 Å². The van der Waals surface area contributed by atoms with E-state index in [1.54, 1.807) is 12.2 Å². The number of hydrogen-bond acceptors (Lipinski definition) is 1. The van der Waals surface area contributed by atoms with E-state index >= 15 is 0 Å². The molecular formula is C7H9ClO2. The van der Waals surface area contributed by atoms with Gasteiger partial charge in [0, 0.05) is 5.57 Å². The number of carboxylic acids is 1. The average Bonchev–Trinajstić information content (AvgIpc) is 1.90. The van der Waals surface area contributed by atoms with E-state index in [9.17, 15) is 4.79 Å². The first-order valence-corrected chi connectivity index (χ1v) is 2.89. The number of hydrogen-bond donors (Lipinski definition) is 1. The first kappa shape index (κ1) is 9.24. The lowest BCUT2D eigenvalue weighted by molar-refractivity contribution is -0.132. The Morgan fingerprint density at radius 1 is 1.60 bits per heavy atom. The van der Waals surface area contributed by atoms with Crippen LogP contribution in [0.4, 0.5) is 0 Å². The molecule has 3 heteroatoms. The highest BCUT2D eigenvalue weighted by atomic mass is 35.5. The smallest absolute Gasteiger partial charge is 0.331 e. The third-order valence-electron chi connectivity index (χ3n) is 1.29. The summed E-state index contributed by atoms with van der Waals surface area (Å²) in [5, 5.41) is 8.44. The Kier molecular flexibility index (Phi) is 3.81. The Morgan fingerprint density at radius 2 is 2.30 bits per heavy atom. The zero-order valence-corrected chi connectivity index (χ0v) is 6.23. The number of halogens is 1. The first-order chi connectivity index (χ1) is 4.30. The van der Waals surface area contributed by atoms with Crippen LogP contribution in [0.1, 0.15) is 12.8 Å². The fraction of sp³-hybridized carbons (Fsp3) is 0.286. The van der Waals surface area contributed by atoms with Gasteiger partial charge in [0.25, 0.3) is 0 Å². The number of carbonyl (C=O) groups is 1. The quantitative estimate of drug-likeness (QED) is 0.635. The first-order valence-electron chi connectivity index (χ1n) is 2.89. The molecule has 10 heavy (non-hydrogen) atoms. The average molecular weight is 161 g/mol. The molecule has 1 rings (SSSR count). The predicted octanol–water partition coefficient (Wildman–Crippen LogP) is 1.77. The molecule has 0 heterocycles. The van der Waals surface area contributed by atoms with Gasteiger partial charge in [-0.25, -0.2) is 4.79 Å². The molecule has 0 saturated heterocycles. The third-order valence-corrected chi connectivity index (χ3v) is 1.29.